The van der Waals surface area contributed by atoms with E-state index < -0.39 is 0 Å². The van der Waals surface area contributed by atoms with Crippen LogP contribution in [0.25, 0.3) is 0 Å². The second-order valence-electron chi connectivity index (χ2n) is 6.14. The molecule has 0 radical (unpaired) electrons. The number of amides is 1. The number of likely N-dealkylation sites (N-methyl/N-ethyl adjacent to an activating group) is 1. The van der Waals surface area contributed by atoms with E-state index in [1.807, 2.05) is 0 Å². The smallest absolute Gasteiger partial charge is 0.253 e. The number of carbonyl (C=O) groups excluding carboxylic acids is 1. The highest BCUT2D eigenvalue weighted by Gasteiger charge is 2.41. The summed E-state index contributed by atoms with van der Waals surface area (Å²) in [6.07, 6.45) is 7.54. The van der Waals surface area contributed by atoms with Crippen molar-refractivity contribution >= 4 is 5.91 Å². The standard InChI is InChI=1S/C15H22N4O2/c1-19-8-6-15(11-19)5-2-3-13(21-15)10-16-14(20)12-4-7-17-18-9-12/h4,7,9,13H,2-3,5-6,8,10-11H2,1H3,(H,16,20)/t13-,15-/m1/s1. The number of rotatable bonds is 3. The van der Waals surface area contributed by atoms with Crippen LogP contribution in [-0.4, -0.2) is 59.4 Å². The van der Waals surface area contributed by atoms with Crippen molar-refractivity contribution in [3.05, 3.63) is 24.0 Å². The number of carbonyl (C=O) groups is 1. The number of hydrogen-bond acceptors (Lipinski definition) is 5. The van der Waals surface area contributed by atoms with Gasteiger partial charge >= 0.3 is 0 Å². The van der Waals surface area contributed by atoms with E-state index in [0.29, 0.717) is 12.1 Å². The fourth-order valence-electron chi connectivity index (χ4n) is 3.35. The molecule has 0 unspecified atom stereocenters. The molecule has 1 aromatic rings. The first-order valence-electron chi connectivity index (χ1n) is 7.58. The van der Waals surface area contributed by atoms with Crippen molar-refractivity contribution in [3.8, 4) is 0 Å². The topological polar surface area (TPSA) is 67.4 Å². The summed E-state index contributed by atoms with van der Waals surface area (Å²) in [4.78, 5) is 14.3. The Labute approximate surface area is 124 Å². The van der Waals surface area contributed by atoms with Crippen LogP contribution >= 0.6 is 0 Å². The van der Waals surface area contributed by atoms with E-state index in [1.165, 1.54) is 18.8 Å². The molecule has 21 heavy (non-hydrogen) atoms. The fraction of sp³-hybridized carbons (Fsp3) is 0.667. The summed E-state index contributed by atoms with van der Waals surface area (Å²) < 4.78 is 6.31. The maximum absolute atomic E-state index is 12.0. The van der Waals surface area contributed by atoms with Crippen molar-refractivity contribution in [1.29, 1.82) is 0 Å². The number of hydrogen-bond donors (Lipinski definition) is 1. The molecule has 3 rings (SSSR count). The SMILES string of the molecule is CN1CC[C@]2(CCC[C@H](CNC(=O)c3ccnnc3)O2)C1. The largest absolute Gasteiger partial charge is 0.369 e. The van der Waals surface area contributed by atoms with Crippen LogP contribution in [0.4, 0.5) is 0 Å². The van der Waals surface area contributed by atoms with Gasteiger partial charge in [0.15, 0.2) is 0 Å². The van der Waals surface area contributed by atoms with Crippen LogP contribution in [0.5, 0.6) is 0 Å². The molecule has 114 valence electrons. The normalized spacial score (nSPS) is 29.7. The molecule has 0 saturated carbocycles. The summed E-state index contributed by atoms with van der Waals surface area (Å²) >= 11 is 0. The molecule has 3 heterocycles. The Kier molecular flexibility index (Phi) is 4.17. The van der Waals surface area contributed by atoms with Gasteiger partial charge in [0, 0.05) is 19.6 Å². The lowest BCUT2D eigenvalue weighted by molar-refractivity contribution is -0.117. The summed E-state index contributed by atoms with van der Waals surface area (Å²) in [5, 5.41) is 10.3. The molecule has 0 bridgehead atoms. The van der Waals surface area contributed by atoms with Crippen LogP contribution in [-0.2, 0) is 4.74 Å². The summed E-state index contributed by atoms with van der Waals surface area (Å²) in [5.74, 6) is -0.114. The summed E-state index contributed by atoms with van der Waals surface area (Å²) in [6, 6.07) is 1.66. The number of nitrogens with one attached hydrogen (secondary N) is 1. The van der Waals surface area contributed by atoms with Gasteiger partial charge in [0.1, 0.15) is 0 Å². The van der Waals surface area contributed by atoms with Crippen LogP contribution < -0.4 is 5.32 Å². The van der Waals surface area contributed by atoms with E-state index in [4.69, 9.17) is 4.74 Å². The molecular weight excluding hydrogens is 268 g/mol. The monoisotopic (exact) mass is 290 g/mol. The molecule has 1 N–H and O–H groups in total. The molecule has 2 aliphatic heterocycles. The zero-order valence-electron chi connectivity index (χ0n) is 12.4. The predicted molar refractivity (Wildman–Crippen MR) is 77.9 cm³/mol. The Bertz CT molecular complexity index is 492. The maximum Gasteiger partial charge on any atom is 0.253 e. The summed E-state index contributed by atoms with van der Waals surface area (Å²) in [7, 11) is 2.14. The number of ether oxygens (including phenoxy) is 1. The van der Waals surface area contributed by atoms with Crippen molar-refractivity contribution in [1.82, 2.24) is 20.4 Å². The average molecular weight is 290 g/mol. The van der Waals surface area contributed by atoms with Gasteiger partial charge in [-0.1, -0.05) is 0 Å². The summed E-state index contributed by atoms with van der Waals surface area (Å²) in [6.45, 7) is 2.67. The molecule has 1 amide bonds. The molecule has 2 atom stereocenters. The molecule has 6 heteroatoms. The van der Waals surface area contributed by atoms with Gasteiger partial charge in [-0.2, -0.15) is 10.2 Å². The first kappa shape index (κ1) is 14.4. The number of aromatic nitrogens is 2. The number of likely N-dealkylation sites (tertiary alicyclic amines) is 1. The van der Waals surface area contributed by atoms with E-state index in [-0.39, 0.29) is 17.6 Å². The zero-order valence-corrected chi connectivity index (χ0v) is 12.4. The third-order valence-electron chi connectivity index (χ3n) is 4.42. The Morgan fingerprint density at radius 1 is 1.52 bits per heavy atom. The van der Waals surface area contributed by atoms with E-state index in [2.05, 4.69) is 27.5 Å². The lowest BCUT2D eigenvalue weighted by Crippen LogP contribution is -2.46. The Hall–Kier alpha value is -1.53. The van der Waals surface area contributed by atoms with Gasteiger partial charge in [-0.05, 0) is 38.8 Å². The first-order valence-corrected chi connectivity index (χ1v) is 7.58. The van der Waals surface area contributed by atoms with Crippen LogP contribution in [0.1, 0.15) is 36.0 Å². The summed E-state index contributed by atoms with van der Waals surface area (Å²) in [5.41, 5.74) is 0.553. The third-order valence-corrected chi connectivity index (χ3v) is 4.42. The van der Waals surface area contributed by atoms with E-state index in [0.717, 1.165) is 32.4 Å². The minimum Gasteiger partial charge on any atom is -0.369 e. The van der Waals surface area contributed by atoms with Crippen molar-refractivity contribution in [2.24, 2.45) is 0 Å². The highest BCUT2D eigenvalue weighted by molar-refractivity contribution is 5.93. The van der Waals surface area contributed by atoms with Gasteiger partial charge in [-0.3, -0.25) is 4.79 Å². The van der Waals surface area contributed by atoms with Crippen molar-refractivity contribution in [2.75, 3.05) is 26.7 Å². The Morgan fingerprint density at radius 2 is 2.43 bits per heavy atom. The van der Waals surface area contributed by atoms with Gasteiger partial charge in [0.25, 0.3) is 5.91 Å². The van der Waals surface area contributed by atoms with Gasteiger partial charge in [0.05, 0.1) is 29.7 Å². The molecule has 0 aromatic carbocycles. The van der Waals surface area contributed by atoms with Crippen LogP contribution in [0.3, 0.4) is 0 Å². The van der Waals surface area contributed by atoms with E-state index in [1.54, 1.807) is 6.07 Å². The third kappa shape index (κ3) is 3.39. The van der Waals surface area contributed by atoms with Crippen LogP contribution in [0.15, 0.2) is 18.5 Å². The molecule has 2 aliphatic rings. The minimum absolute atomic E-state index is 0.0145. The zero-order chi connectivity index (χ0) is 14.7. The van der Waals surface area contributed by atoms with Crippen molar-refractivity contribution < 1.29 is 9.53 Å². The first-order chi connectivity index (χ1) is 10.2. The van der Waals surface area contributed by atoms with Crippen molar-refractivity contribution in [3.63, 3.8) is 0 Å². The minimum atomic E-state index is -0.114. The molecule has 2 fully saturated rings. The van der Waals surface area contributed by atoms with Crippen molar-refractivity contribution in [2.45, 2.75) is 37.4 Å². The predicted octanol–water partition coefficient (Wildman–Crippen LogP) is 0.850. The highest BCUT2D eigenvalue weighted by Crippen LogP contribution is 2.35. The average Bonchev–Trinajstić information content (AvgIpc) is 2.86. The second-order valence-corrected chi connectivity index (χ2v) is 6.14. The van der Waals surface area contributed by atoms with E-state index in [9.17, 15) is 4.79 Å². The molecule has 2 saturated heterocycles. The molecule has 0 aliphatic carbocycles. The molecule has 1 spiro atoms. The highest BCUT2D eigenvalue weighted by atomic mass is 16.5. The Balaban J connectivity index is 1.52. The molecular formula is C15H22N4O2. The van der Waals surface area contributed by atoms with Gasteiger partial charge in [0.2, 0.25) is 0 Å². The van der Waals surface area contributed by atoms with Gasteiger partial charge in [-0.25, -0.2) is 0 Å². The van der Waals surface area contributed by atoms with Gasteiger partial charge in [-0.15, -0.1) is 0 Å². The maximum atomic E-state index is 12.0. The second kappa shape index (κ2) is 6.07. The van der Waals surface area contributed by atoms with Crippen LogP contribution in [0.2, 0.25) is 0 Å². The van der Waals surface area contributed by atoms with E-state index >= 15 is 0 Å². The van der Waals surface area contributed by atoms with Crippen LogP contribution in [0, 0.1) is 0 Å². The Morgan fingerprint density at radius 3 is 3.14 bits per heavy atom. The fourth-order valence-corrected chi connectivity index (χ4v) is 3.35. The van der Waals surface area contributed by atoms with Gasteiger partial charge < -0.3 is 15.0 Å². The quantitative estimate of drug-likeness (QED) is 0.894. The molecule has 1 aromatic heterocycles. The molecule has 6 nitrogen and oxygen atoms in total. The number of nitrogens with zero attached hydrogens (tertiary/aromatic N) is 3. The lowest BCUT2D eigenvalue weighted by Gasteiger charge is -2.38. The lowest BCUT2D eigenvalue weighted by atomic mass is 9.90.